The summed E-state index contributed by atoms with van der Waals surface area (Å²) >= 11 is 1.60. The molecular weight excluding hydrogens is 296 g/mol. The van der Waals surface area contributed by atoms with Gasteiger partial charge in [-0.2, -0.15) is 4.99 Å². The number of nitrogens with one attached hydrogen (secondary N) is 1. The van der Waals surface area contributed by atoms with Gasteiger partial charge in [0.15, 0.2) is 5.17 Å². The quantitative estimate of drug-likeness (QED) is 0.820. The van der Waals surface area contributed by atoms with Gasteiger partial charge in [0.25, 0.3) is 5.91 Å². The van der Waals surface area contributed by atoms with E-state index in [1.165, 1.54) is 12.8 Å². The molecule has 1 aliphatic heterocycles. The van der Waals surface area contributed by atoms with Gasteiger partial charge in [0.05, 0.1) is 5.60 Å². The number of carbonyl (C=O) groups is 1. The van der Waals surface area contributed by atoms with Crippen LogP contribution < -0.4 is 5.32 Å². The van der Waals surface area contributed by atoms with E-state index in [0.29, 0.717) is 23.8 Å². The molecule has 4 aliphatic carbocycles. The second kappa shape index (κ2) is 4.73. The van der Waals surface area contributed by atoms with Crippen LogP contribution >= 0.6 is 11.8 Å². The largest absolute Gasteiger partial charge is 0.390 e. The molecule has 4 saturated carbocycles. The smallest absolute Gasteiger partial charge is 0.264 e. The van der Waals surface area contributed by atoms with Crippen molar-refractivity contribution in [3.8, 4) is 0 Å². The molecule has 0 spiro atoms. The molecule has 2 N–H and O–H groups in total. The van der Waals surface area contributed by atoms with E-state index in [9.17, 15) is 9.90 Å². The number of rotatable bonds is 2. The molecule has 22 heavy (non-hydrogen) atoms. The molecule has 4 fully saturated rings. The third-order valence-electron chi connectivity index (χ3n) is 6.57. The third-order valence-corrected chi connectivity index (χ3v) is 8.04. The first kappa shape index (κ1) is 15.0. The first-order valence-corrected chi connectivity index (χ1v) is 9.42. The number of nitrogens with zero attached hydrogens (tertiary/aromatic N) is 1. The van der Waals surface area contributed by atoms with Crippen LogP contribution in [0.1, 0.15) is 52.9 Å². The summed E-state index contributed by atoms with van der Waals surface area (Å²) in [5.74, 6) is 2.06. The van der Waals surface area contributed by atoms with Gasteiger partial charge in [-0.1, -0.05) is 25.6 Å². The molecule has 122 valence electrons. The maximum atomic E-state index is 12.3. The standard InChI is InChI=1S/C17H26N2O2S/c1-9(2)16(3)14(20)19-15(22-16)18-13-11-4-10-5-12(13)8-17(21,6-10)7-11/h9-13,21H,4-8H2,1-3H3,(H,18,19,20)/t10?,11?,12?,13-,16?,17-. The van der Waals surface area contributed by atoms with Crippen LogP contribution in [-0.2, 0) is 4.79 Å². The average molecular weight is 322 g/mol. The summed E-state index contributed by atoms with van der Waals surface area (Å²) in [7, 11) is 0. The van der Waals surface area contributed by atoms with E-state index in [1.807, 2.05) is 6.92 Å². The lowest BCUT2D eigenvalue weighted by Crippen LogP contribution is -2.61. The molecule has 1 amide bonds. The molecule has 0 aromatic heterocycles. The van der Waals surface area contributed by atoms with E-state index < -0.39 is 10.3 Å². The highest BCUT2D eigenvalue weighted by atomic mass is 32.2. The van der Waals surface area contributed by atoms with Gasteiger partial charge in [-0.15, -0.1) is 0 Å². The molecular formula is C17H26N2O2S. The Bertz CT molecular complexity index is 531. The Kier molecular flexibility index (Phi) is 3.22. The number of thioether (sulfide) groups is 1. The van der Waals surface area contributed by atoms with Crippen LogP contribution in [0.2, 0.25) is 0 Å². The van der Waals surface area contributed by atoms with Crippen LogP contribution in [-0.4, -0.2) is 32.6 Å². The number of amides is 1. The fourth-order valence-electron chi connectivity index (χ4n) is 5.26. The fourth-order valence-corrected chi connectivity index (χ4v) is 6.35. The van der Waals surface area contributed by atoms with Crippen molar-refractivity contribution in [1.29, 1.82) is 0 Å². The van der Waals surface area contributed by atoms with Crippen LogP contribution in [0.4, 0.5) is 0 Å². The number of aliphatic hydroxyl groups is 1. The van der Waals surface area contributed by atoms with Gasteiger partial charge in [-0.05, 0) is 62.7 Å². The number of aliphatic imine (C=N–C) groups is 1. The summed E-state index contributed by atoms with van der Waals surface area (Å²) in [6, 6.07) is 0.394. The summed E-state index contributed by atoms with van der Waals surface area (Å²) < 4.78 is -0.424. The second-order valence-corrected chi connectivity index (χ2v) is 9.89. The Morgan fingerprint density at radius 1 is 1.27 bits per heavy atom. The maximum absolute atomic E-state index is 12.3. The summed E-state index contributed by atoms with van der Waals surface area (Å²) in [5.41, 5.74) is -0.401. The van der Waals surface area contributed by atoms with Gasteiger partial charge in [0, 0.05) is 6.04 Å². The molecule has 5 aliphatic rings. The molecule has 5 heteroatoms. The highest BCUT2D eigenvalue weighted by Crippen LogP contribution is 2.56. The lowest BCUT2D eigenvalue weighted by molar-refractivity contribution is -0.135. The van der Waals surface area contributed by atoms with E-state index in [2.05, 4.69) is 24.2 Å². The van der Waals surface area contributed by atoms with Crippen LogP contribution in [0.5, 0.6) is 0 Å². The number of amidine groups is 1. The molecule has 3 unspecified atom stereocenters. The molecule has 0 saturated heterocycles. The van der Waals surface area contributed by atoms with Crippen molar-refractivity contribution in [2.45, 2.75) is 69.3 Å². The first-order chi connectivity index (χ1) is 10.3. The first-order valence-electron chi connectivity index (χ1n) is 8.60. The van der Waals surface area contributed by atoms with Crippen molar-refractivity contribution in [3.05, 3.63) is 0 Å². The van der Waals surface area contributed by atoms with E-state index in [-0.39, 0.29) is 11.8 Å². The van der Waals surface area contributed by atoms with E-state index in [4.69, 9.17) is 0 Å². The Hall–Kier alpha value is -0.550. The zero-order valence-corrected chi connectivity index (χ0v) is 14.4. The Balaban J connectivity index is 1.49. The predicted octanol–water partition coefficient (Wildman–Crippen LogP) is 2.56. The number of hydrogen-bond donors (Lipinski definition) is 2. The lowest BCUT2D eigenvalue weighted by atomic mass is 9.52. The molecule has 0 aromatic rings. The van der Waals surface area contributed by atoms with Crippen LogP contribution in [0.3, 0.4) is 0 Å². The molecule has 0 radical (unpaired) electrons. The van der Waals surface area contributed by atoms with E-state index in [1.54, 1.807) is 11.8 Å². The summed E-state index contributed by atoms with van der Waals surface area (Å²) in [6.07, 6.45) is 5.30. The zero-order valence-electron chi connectivity index (χ0n) is 13.6. The SMILES string of the molecule is CC(C)C1(C)SC(N[C@H]2C3CC4CC2C[C@](O)(C4)C3)=NC1=O. The molecule has 0 aromatic carbocycles. The molecule has 4 nitrogen and oxygen atoms in total. The van der Waals surface area contributed by atoms with Gasteiger partial charge >= 0.3 is 0 Å². The fraction of sp³-hybridized carbons (Fsp3) is 0.882. The third kappa shape index (κ3) is 2.15. The molecule has 5 rings (SSSR count). The summed E-state index contributed by atoms with van der Waals surface area (Å²) in [6.45, 7) is 6.17. The van der Waals surface area contributed by atoms with Gasteiger partial charge in [0.2, 0.25) is 0 Å². The minimum atomic E-state index is -0.424. The van der Waals surface area contributed by atoms with Crippen molar-refractivity contribution in [2.75, 3.05) is 0 Å². The van der Waals surface area contributed by atoms with Gasteiger partial charge in [0.1, 0.15) is 4.75 Å². The van der Waals surface area contributed by atoms with Crippen LogP contribution in [0.25, 0.3) is 0 Å². The van der Waals surface area contributed by atoms with Crippen molar-refractivity contribution >= 4 is 22.8 Å². The van der Waals surface area contributed by atoms with Crippen molar-refractivity contribution in [2.24, 2.45) is 28.7 Å². The normalized spacial score (nSPS) is 49.9. The molecule has 3 atom stereocenters. The Morgan fingerprint density at radius 2 is 1.91 bits per heavy atom. The van der Waals surface area contributed by atoms with Crippen molar-refractivity contribution < 1.29 is 9.90 Å². The van der Waals surface area contributed by atoms with Crippen molar-refractivity contribution in [3.63, 3.8) is 0 Å². The van der Waals surface area contributed by atoms with Gasteiger partial charge in [-0.3, -0.25) is 4.79 Å². The summed E-state index contributed by atoms with van der Waals surface area (Å²) in [5, 5.41) is 15.1. The number of hydrogen-bond acceptors (Lipinski definition) is 4. The Morgan fingerprint density at radius 3 is 2.41 bits per heavy atom. The van der Waals surface area contributed by atoms with Gasteiger partial charge < -0.3 is 10.4 Å². The predicted molar refractivity (Wildman–Crippen MR) is 88.7 cm³/mol. The molecule has 4 bridgehead atoms. The minimum Gasteiger partial charge on any atom is -0.390 e. The highest BCUT2D eigenvalue weighted by Gasteiger charge is 2.55. The number of carbonyl (C=O) groups excluding carboxylic acids is 1. The van der Waals surface area contributed by atoms with Crippen LogP contribution in [0.15, 0.2) is 4.99 Å². The van der Waals surface area contributed by atoms with Gasteiger partial charge in [-0.25, -0.2) is 0 Å². The zero-order chi connectivity index (χ0) is 15.7. The Labute approximate surface area is 136 Å². The monoisotopic (exact) mass is 322 g/mol. The second-order valence-electron chi connectivity index (χ2n) is 8.45. The maximum Gasteiger partial charge on any atom is 0.264 e. The van der Waals surface area contributed by atoms with Crippen LogP contribution in [0, 0.1) is 23.7 Å². The lowest BCUT2D eigenvalue weighted by Gasteiger charge is -2.58. The minimum absolute atomic E-state index is 0.00237. The van der Waals surface area contributed by atoms with E-state index in [0.717, 1.165) is 24.4 Å². The van der Waals surface area contributed by atoms with E-state index >= 15 is 0 Å². The topological polar surface area (TPSA) is 61.7 Å². The molecule has 1 heterocycles. The average Bonchev–Trinajstić information content (AvgIpc) is 2.68. The highest BCUT2D eigenvalue weighted by molar-refractivity contribution is 8.16. The summed E-state index contributed by atoms with van der Waals surface area (Å²) in [4.78, 5) is 16.6. The van der Waals surface area contributed by atoms with Crippen molar-refractivity contribution in [1.82, 2.24) is 5.32 Å².